The average Bonchev–Trinajstić information content (AvgIpc) is 3.08. The van der Waals surface area contributed by atoms with E-state index in [0.717, 1.165) is 31.2 Å². The molecule has 3 atom stereocenters. The van der Waals surface area contributed by atoms with Gasteiger partial charge in [0.25, 0.3) is 0 Å². The molecule has 1 aromatic carbocycles. The summed E-state index contributed by atoms with van der Waals surface area (Å²) < 4.78 is 0. The van der Waals surface area contributed by atoms with Crippen molar-refractivity contribution in [2.45, 2.75) is 50.1 Å². The number of H-pyrrole nitrogens is 1. The van der Waals surface area contributed by atoms with E-state index in [-0.39, 0.29) is 0 Å². The maximum atomic E-state index is 5.74. The second-order valence-electron chi connectivity index (χ2n) is 8.33. The lowest BCUT2D eigenvalue weighted by Crippen LogP contribution is -2.56. The number of nitrogens with one attached hydrogen (secondary N) is 2. The first-order valence-electron chi connectivity index (χ1n) is 10.1. The van der Waals surface area contributed by atoms with Crippen LogP contribution in [0.4, 0.5) is 0 Å². The molecule has 3 heterocycles. The minimum atomic E-state index is 0.437. The fourth-order valence-electron chi connectivity index (χ4n) is 5.41. The van der Waals surface area contributed by atoms with Crippen LogP contribution in [0.25, 0.3) is 10.9 Å². The minimum absolute atomic E-state index is 0.437. The summed E-state index contributed by atoms with van der Waals surface area (Å²) in [5.41, 5.74) is 4.30. The lowest BCUT2D eigenvalue weighted by Gasteiger charge is -2.46. The van der Waals surface area contributed by atoms with Crippen LogP contribution in [0.1, 0.15) is 42.7 Å². The second kappa shape index (κ2) is 6.54. The molecule has 3 aliphatic rings. The molecule has 2 fully saturated rings. The Kier molecular flexibility index (Phi) is 4.17. The zero-order valence-electron chi connectivity index (χ0n) is 15.5. The van der Waals surface area contributed by atoms with E-state index < -0.39 is 0 Å². The third kappa shape index (κ3) is 2.72. The number of rotatable bonds is 1. The van der Waals surface area contributed by atoms with Crippen molar-refractivity contribution in [1.29, 1.82) is 0 Å². The lowest BCUT2D eigenvalue weighted by atomic mass is 9.74. The number of aromatic amines is 1. The van der Waals surface area contributed by atoms with Crippen LogP contribution in [0.15, 0.2) is 24.4 Å². The van der Waals surface area contributed by atoms with E-state index in [1.54, 1.807) is 0 Å². The Morgan fingerprint density at radius 2 is 2.08 bits per heavy atom. The van der Waals surface area contributed by atoms with Gasteiger partial charge >= 0.3 is 0 Å². The molecule has 0 amide bonds. The Labute approximate surface area is 160 Å². The van der Waals surface area contributed by atoms with Gasteiger partial charge in [-0.3, -0.25) is 0 Å². The van der Waals surface area contributed by atoms with Gasteiger partial charge in [0.05, 0.1) is 0 Å². The van der Waals surface area contributed by atoms with Crippen LogP contribution >= 0.6 is 12.2 Å². The number of hydrogen-bond acceptors (Lipinski definition) is 2. The monoisotopic (exact) mass is 368 g/mol. The second-order valence-corrected chi connectivity index (χ2v) is 8.72. The summed E-state index contributed by atoms with van der Waals surface area (Å²) in [5, 5.41) is 6.15. The van der Waals surface area contributed by atoms with Crippen LogP contribution in [-0.2, 0) is 6.42 Å². The van der Waals surface area contributed by atoms with Crippen molar-refractivity contribution < 1.29 is 0 Å². The van der Waals surface area contributed by atoms with Crippen LogP contribution in [0.5, 0.6) is 0 Å². The highest BCUT2D eigenvalue weighted by atomic mass is 32.1. The highest BCUT2D eigenvalue weighted by Crippen LogP contribution is 2.42. The SMILES string of the molecule is CN1C[C@@H](NC(=S)N2CCCCC2)C[C@@H]2c3cccc4[nH]cc(c34)C[C@H]21. The molecule has 0 bridgehead atoms. The van der Waals surface area contributed by atoms with Crippen molar-refractivity contribution in [3.05, 3.63) is 35.5 Å². The normalized spacial score (nSPS) is 28.8. The van der Waals surface area contributed by atoms with Crippen LogP contribution in [0.2, 0.25) is 0 Å². The summed E-state index contributed by atoms with van der Waals surface area (Å²) in [6.07, 6.45) is 8.44. The van der Waals surface area contributed by atoms with Gasteiger partial charge in [-0.05, 0) is 68.6 Å². The fraction of sp³-hybridized carbons (Fsp3) is 0.571. The number of likely N-dealkylation sites (N-methyl/N-ethyl adjacent to an activating group) is 1. The maximum absolute atomic E-state index is 5.74. The highest BCUT2D eigenvalue weighted by Gasteiger charge is 2.39. The summed E-state index contributed by atoms with van der Waals surface area (Å²) in [5.74, 6) is 0.586. The van der Waals surface area contributed by atoms with E-state index >= 15 is 0 Å². The first kappa shape index (κ1) is 16.6. The molecule has 1 aromatic heterocycles. The number of likely N-dealkylation sites (tertiary alicyclic amines) is 2. The van der Waals surface area contributed by atoms with Gasteiger partial charge in [-0.15, -0.1) is 0 Å². The van der Waals surface area contributed by atoms with E-state index in [4.69, 9.17) is 12.2 Å². The standard InChI is InChI=1S/C21H28N4S/c1-24-13-15(23-21(26)25-8-3-2-4-9-25)11-17-16-6-5-7-18-20(16)14(12-22-18)10-19(17)24/h5-7,12,15,17,19,22H,2-4,8-11,13H2,1H3,(H,23,26)/t15-,17+,19+/m0/s1. The minimum Gasteiger partial charge on any atom is -0.361 e. The number of nitrogens with zero attached hydrogens (tertiary/aromatic N) is 2. The van der Waals surface area contributed by atoms with Crippen molar-refractivity contribution in [3.8, 4) is 0 Å². The molecule has 2 saturated heterocycles. The fourth-order valence-corrected chi connectivity index (χ4v) is 5.76. The molecule has 2 N–H and O–H groups in total. The van der Waals surface area contributed by atoms with Crippen molar-refractivity contribution in [3.63, 3.8) is 0 Å². The first-order chi connectivity index (χ1) is 12.7. The van der Waals surface area contributed by atoms with Gasteiger partial charge in [-0.2, -0.15) is 0 Å². The quantitative estimate of drug-likeness (QED) is 0.758. The molecule has 4 nitrogen and oxygen atoms in total. The predicted octanol–water partition coefficient (Wildman–Crippen LogP) is 3.24. The molecule has 2 aromatic rings. The zero-order valence-corrected chi connectivity index (χ0v) is 16.3. The van der Waals surface area contributed by atoms with Crippen molar-refractivity contribution in [1.82, 2.24) is 20.1 Å². The smallest absolute Gasteiger partial charge is 0.169 e. The Bertz CT molecular complexity index is 823. The molecule has 0 unspecified atom stereocenters. The van der Waals surface area contributed by atoms with E-state index in [2.05, 4.69) is 51.5 Å². The van der Waals surface area contributed by atoms with Crippen molar-refractivity contribution in [2.24, 2.45) is 0 Å². The maximum Gasteiger partial charge on any atom is 0.169 e. The number of fused-ring (bicyclic) bond motifs is 2. The molecule has 5 heteroatoms. The van der Waals surface area contributed by atoms with Gasteiger partial charge in [0.1, 0.15) is 0 Å². The molecule has 2 aliphatic heterocycles. The topological polar surface area (TPSA) is 34.3 Å². The van der Waals surface area contributed by atoms with Crippen molar-refractivity contribution >= 4 is 28.2 Å². The Hall–Kier alpha value is -1.59. The molecule has 0 radical (unpaired) electrons. The van der Waals surface area contributed by atoms with Crippen LogP contribution in [0, 0.1) is 0 Å². The molecular formula is C21H28N4S. The van der Waals surface area contributed by atoms with E-state index in [1.165, 1.54) is 47.7 Å². The van der Waals surface area contributed by atoms with Gasteiger partial charge in [-0.1, -0.05) is 12.1 Å². The third-order valence-electron chi connectivity index (χ3n) is 6.70. The summed E-state index contributed by atoms with van der Waals surface area (Å²) in [6.45, 7) is 3.31. The van der Waals surface area contributed by atoms with Crippen molar-refractivity contribution in [2.75, 3.05) is 26.7 Å². The molecule has 1 aliphatic carbocycles. The first-order valence-corrected chi connectivity index (χ1v) is 10.5. The highest BCUT2D eigenvalue weighted by molar-refractivity contribution is 7.80. The number of benzene rings is 1. The third-order valence-corrected chi connectivity index (χ3v) is 7.07. The molecule has 0 spiro atoms. The van der Waals surface area contributed by atoms with Crippen LogP contribution in [0.3, 0.4) is 0 Å². The van der Waals surface area contributed by atoms with Gasteiger partial charge < -0.3 is 20.1 Å². The molecule has 5 rings (SSSR count). The summed E-state index contributed by atoms with van der Waals surface area (Å²) in [7, 11) is 2.28. The van der Waals surface area contributed by atoms with E-state index in [0.29, 0.717) is 18.0 Å². The molecule has 26 heavy (non-hydrogen) atoms. The van der Waals surface area contributed by atoms with E-state index in [9.17, 15) is 0 Å². The van der Waals surface area contributed by atoms with Gasteiger partial charge in [0.15, 0.2) is 5.11 Å². The summed E-state index contributed by atoms with van der Waals surface area (Å²) in [6, 6.07) is 7.79. The lowest BCUT2D eigenvalue weighted by molar-refractivity contribution is 0.133. The Balaban J connectivity index is 1.38. The number of piperidine rings is 2. The number of hydrogen-bond donors (Lipinski definition) is 2. The molecule has 0 saturated carbocycles. The van der Waals surface area contributed by atoms with Gasteiger partial charge in [0.2, 0.25) is 0 Å². The summed E-state index contributed by atoms with van der Waals surface area (Å²) >= 11 is 5.74. The number of thiocarbonyl (C=S) groups is 1. The Morgan fingerprint density at radius 3 is 2.92 bits per heavy atom. The van der Waals surface area contributed by atoms with Gasteiger partial charge in [0, 0.05) is 54.7 Å². The Morgan fingerprint density at radius 1 is 1.23 bits per heavy atom. The summed E-state index contributed by atoms with van der Waals surface area (Å²) in [4.78, 5) is 8.40. The van der Waals surface area contributed by atoms with Gasteiger partial charge in [-0.25, -0.2) is 0 Å². The number of aromatic nitrogens is 1. The largest absolute Gasteiger partial charge is 0.361 e. The van der Waals surface area contributed by atoms with Crippen LogP contribution < -0.4 is 5.32 Å². The van der Waals surface area contributed by atoms with Crippen LogP contribution in [-0.4, -0.2) is 58.7 Å². The predicted molar refractivity (Wildman–Crippen MR) is 111 cm³/mol. The average molecular weight is 369 g/mol. The molecule has 138 valence electrons. The zero-order chi connectivity index (χ0) is 17.7. The van der Waals surface area contributed by atoms with E-state index in [1.807, 2.05) is 0 Å². The molecular weight excluding hydrogens is 340 g/mol.